The van der Waals surface area contributed by atoms with Gasteiger partial charge in [-0.25, -0.2) is 4.79 Å². The molecule has 9 heteroatoms. The van der Waals surface area contributed by atoms with E-state index in [0.29, 0.717) is 4.90 Å². The Morgan fingerprint density at radius 3 is 2.69 bits per heavy atom. The topological polar surface area (TPSA) is 102 Å². The molecule has 0 saturated carbocycles. The van der Waals surface area contributed by atoms with E-state index in [0.717, 1.165) is 0 Å². The highest BCUT2D eigenvalue weighted by Gasteiger charge is 2.25. The van der Waals surface area contributed by atoms with Gasteiger partial charge in [0.15, 0.2) is 11.5 Å². The normalized spacial score (nSPS) is 10.1. The first-order valence-corrected chi connectivity index (χ1v) is 8.92. The minimum atomic E-state index is -0.944. The molecule has 0 bridgehead atoms. The number of ether oxygens (including phenoxy) is 2. The molecule has 0 aromatic heterocycles. The molecule has 0 N–H and O–H groups in total. The maximum Gasteiger partial charge on any atom is 0.350 e. The number of carbonyl (C=O) groups is 1. The Kier molecular flexibility index (Phi) is 6.44. The van der Waals surface area contributed by atoms with Crippen LogP contribution < -0.4 is 9.47 Å². The molecule has 2 aromatic rings. The van der Waals surface area contributed by atoms with Crippen LogP contribution >= 0.6 is 23.4 Å². The van der Waals surface area contributed by atoms with Crippen LogP contribution in [0, 0.1) is 21.4 Å². The maximum absolute atomic E-state index is 12.6. The minimum absolute atomic E-state index is 0.00970. The van der Waals surface area contributed by atoms with Crippen LogP contribution in [0.4, 0.5) is 5.69 Å². The van der Waals surface area contributed by atoms with Crippen LogP contribution in [0.5, 0.6) is 11.5 Å². The van der Waals surface area contributed by atoms with Crippen molar-refractivity contribution in [2.24, 2.45) is 0 Å². The molecule has 0 amide bonds. The first-order valence-electron chi connectivity index (χ1n) is 7.32. The van der Waals surface area contributed by atoms with E-state index < -0.39 is 10.9 Å². The molecule has 0 atom stereocenters. The monoisotopic (exact) mass is 392 g/mol. The third-order valence-corrected chi connectivity index (χ3v) is 4.26. The quantitative estimate of drug-likeness (QED) is 0.235. The van der Waals surface area contributed by atoms with Crippen molar-refractivity contribution in [1.29, 1.82) is 5.26 Å². The van der Waals surface area contributed by atoms with Gasteiger partial charge in [-0.15, -0.1) is 11.8 Å². The van der Waals surface area contributed by atoms with Crippen LogP contribution in [0.25, 0.3) is 0 Å². The van der Waals surface area contributed by atoms with E-state index in [9.17, 15) is 14.9 Å². The summed E-state index contributed by atoms with van der Waals surface area (Å²) in [5.74, 6) is -0.935. The second-order valence-corrected chi connectivity index (χ2v) is 6.15. The fourth-order valence-electron chi connectivity index (χ4n) is 2.11. The number of thioether (sulfide) groups is 1. The van der Waals surface area contributed by atoms with Crippen molar-refractivity contribution in [1.82, 2.24) is 0 Å². The lowest BCUT2D eigenvalue weighted by atomic mass is 10.2. The van der Waals surface area contributed by atoms with Gasteiger partial charge in [-0.3, -0.25) is 10.1 Å². The SMILES string of the molecule is CCOc1cc(C#N)cc(Cl)c1OC(=O)c1cc(SC)ccc1[N+](=O)[O-]. The highest BCUT2D eigenvalue weighted by molar-refractivity contribution is 7.98. The van der Waals surface area contributed by atoms with Gasteiger partial charge >= 0.3 is 5.97 Å². The number of hydrogen-bond acceptors (Lipinski definition) is 7. The van der Waals surface area contributed by atoms with Crippen LogP contribution in [-0.2, 0) is 0 Å². The summed E-state index contributed by atoms with van der Waals surface area (Å²) < 4.78 is 10.7. The molecule has 0 fully saturated rings. The van der Waals surface area contributed by atoms with E-state index >= 15 is 0 Å². The van der Waals surface area contributed by atoms with Gasteiger partial charge in [0, 0.05) is 17.0 Å². The van der Waals surface area contributed by atoms with Crippen molar-refractivity contribution in [3.8, 4) is 17.6 Å². The van der Waals surface area contributed by atoms with Crippen molar-refractivity contribution >= 4 is 35.0 Å². The summed E-state index contributed by atoms with van der Waals surface area (Å²) >= 11 is 7.42. The summed E-state index contributed by atoms with van der Waals surface area (Å²) in [6, 6.07) is 8.78. The molecule has 0 heterocycles. The van der Waals surface area contributed by atoms with Crippen molar-refractivity contribution in [3.63, 3.8) is 0 Å². The van der Waals surface area contributed by atoms with Crippen molar-refractivity contribution in [2.75, 3.05) is 12.9 Å². The first-order chi connectivity index (χ1) is 12.4. The highest BCUT2D eigenvalue weighted by atomic mass is 35.5. The average Bonchev–Trinajstić information content (AvgIpc) is 2.63. The maximum atomic E-state index is 12.6. The molecule has 0 aliphatic rings. The van der Waals surface area contributed by atoms with E-state index in [-0.39, 0.29) is 39.9 Å². The molecule has 2 rings (SSSR count). The van der Waals surface area contributed by atoms with Crippen LogP contribution in [0.15, 0.2) is 35.2 Å². The predicted molar refractivity (Wildman–Crippen MR) is 97.2 cm³/mol. The fraction of sp³-hybridized carbons (Fsp3) is 0.176. The van der Waals surface area contributed by atoms with E-state index in [1.807, 2.05) is 6.07 Å². The molecule has 0 unspecified atom stereocenters. The average molecular weight is 393 g/mol. The summed E-state index contributed by atoms with van der Waals surface area (Å²) in [5.41, 5.74) is -0.353. The second kappa shape index (κ2) is 8.56. The Balaban J connectivity index is 2.48. The lowest BCUT2D eigenvalue weighted by molar-refractivity contribution is -0.385. The van der Waals surface area contributed by atoms with Crippen LogP contribution in [0.1, 0.15) is 22.8 Å². The molecular formula is C17H13ClN2O5S. The van der Waals surface area contributed by atoms with E-state index in [1.165, 1.54) is 36.0 Å². The third kappa shape index (κ3) is 4.25. The number of hydrogen-bond donors (Lipinski definition) is 0. The Hall–Kier alpha value is -2.76. The summed E-state index contributed by atoms with van der Waals surface area (Å²) in [6.07, 6.45) is 1.78. The fourth-order valence-corrected chi connectivity index (χ4v) is 2.80. The van der Waals surface area contributed by atoms with E-state index in [4.69, 9.17) is 26.3 Å². The summed E-state index contributed by atoms with van der Waals surface area (Å²) in [4.78, 5) is 23.8. The summed E-state index contributed by atoms with van der Waals surface area (Å²) in [6.45, 7) is 1.96. The number of nitro benzene ring substituents is 1. The first kappa shape index (κ1) is 19.6. The third-order valence-electron chi connectivity index (χ3n) is 3.25. The Labute approximate surface area is 158 Å². The van der Waals surface area contributed by atoms with E-state index in [2.05, 4.69) is 0 Å². The van der Waals surface area contributed by atoms with Gasteiger partial charge in [-0.1, -0.05) is 11.6 Å². The second-order valence-electron chi connectivity index (χ2n) is 4.86. The number of nitro groups is 1. The van der Waals surface area contributed by atoms with Crippen LogP contribution in [-0.4, -0.2) is 23.8 Å². The lowest BCUT2D eigenvalue weighted by Crippen LogP contribution is -2.12. The van der Waals surface area contributed by atoms with Crippen LogP contribution in [0.2, 0.25) is 5.02 Å². The molecule has 2 aromatic carbocycles. The zero-order chi connectivity index (χ0) is 19.3. The number of carbonyl (C=O) groups excluding carboxylic acids is 1. The molecule has 134 valence electrons. The minimum Gasteiger partial charge on any atom is -0.490 e. The van der Waals surface area contributed by atoms with Crippen LogP contribution in [0.3, 0.4) is 0 Å². The number of halogens is 1. The summed E-state index contributed by atoms with van der Waals surface area (Å²) in [5, 5.41) is 20.2. The number of esters is 1. The van der Waals surface area contributed by atoms with Gasteiger partial charge in [0.25, 0.3) is 5.69 Å². The van der Waals surface area contributed by atoms with Gasteiger partial charge in [-0.05, 0) is 31.4 Å². The Morgan fingerprint density at radius 1 is 1.38 bits per heavy atom. The molecule has 0 saturated heterocycles. The lowest BCUT2D eigenvalue weighted by Gasteiger charge is -2.13. The zero-order valence-electron chi connectivity index (χ0n) is 13.8. The van der Waals surface area contributed by atoms with Gasteiger partial charge in [0.05, 0.1) is 28.2 Å². The largest absolute Gasteiger partial charge is 0.490 e. The summed E-state index contributed by atoms with van der Waals surface area (Å²) in [7, 11) is 0. The standard InChI is InChI=1S/C17H13ClN2O5S/c1-3-24-15-7-10(9-19)6-13(18)16(15)25-17(21)12-8-11(26-2)4-5-14(12)20(22)23/h4-8H,3H2,1-2H3. The molecule has 0 aliphatic carbocycles. The predicted octanol–water partition coefficient (Wildman–Crippen LogP) is 4.46. The molecule has 26 heavy (non-hydrogen) atoms. The van der Waals surface area contributed by atoms with Crippen molar-refractivity contribution < 1.29 is 19.2 Å². The van der Waals surface area contributed by atoms with Crippen molar-refractivity contribution in [3.05, 3.63) is 56.6 Å². The van der Waals surface area contributed by atoms with Gasteiger partial charge < -0.3 is 9.47 Å². The molecule has 0 aliphatic heterocycles. The molecule has 0 spiro atoms. The molecule has 0 radical (unpaired) electrons. The molecular weight excluding hydrogens is 380 g/mol. The van der Waals surface area contributed by atoms with E-state index in [1.54, 1.807) is 19.2 Å². The Bertz CT molecular complexity index is 911. The number of nitrogens with zero attached hydrogens (tertiary/aromatic N) is 2. The van der Waals surface area contributed by atoms with Crippen molar-refractivity contribution in [2.45, 2.75) is 11.8 Å². The van der Waals surface area contributed by atoms with Gasteiger partial charge in [0.2, 0.25) is 0 Å². The zero-order valence-corrected chi connectivity index (χ0v) is 15.4. The number of benzene rings is 2. The number of rotatable bonds is 6. The van der Waals surface area contributed by atoms with Gasteiger partial charge in [-0.2, -0.15) is 5.26 Å². The highest BCUT2D eigenvalue weighted by Crippen LogP contribution is 2.37. The number of nitriles is 1. The van der Waals surface area contributed by atoms with Gasteiger partial charge in [0.1, 0.15) is 5.56 Å². The smallest absolute Gasteiger partial charge is 0.350 e. The Morgan fingerprint density at radius 2 is 2.12 bits per heavy atom. The molecule has 7 nitrogen and oxygen atoms in total.